The summed E-state index contributed by atoms with van der Waals surface area (Å²) in [4.78, 5) is 31.3. The molecular formula is C18H13N5O4. The van der Waals surface area contributed by atoms with Crippen LogP contribution in [0.5, 0.6) is 0 Å². The van der Waals surface area contributed by atoms with Crippen molar-refractivity contribution in [2.45, 2.75) is 13.5 Å². The molecule has 0 aliphatic rings. The molecule has 134 valence electrons. The third-order valence-electron chi connectivity index (χ3n) is 4.10. The summed E-state index contributed by atoms with van der Waals surface area (Å²) in [5.74, 6) is 0.693. The van der Waals surface area contributed by atoms with E-state index in [1.807, 2.05) is 31.2 Å². The number of hydrogen-bond acceptors (Lipinski definition) is 7. The van der Waals surface area contributed by atoms with Crippen LogP contribution in [0.1, 0.15) is 11.5 Å². The van der Waals surface area contributed by atoms with Crippen molar-refractivity contribution in [2.24, 2.45) is 0 Å². The van der Waals surface area contributed by atoms with Gasteiger partial charge in [-0.15, -0.1) is 0 Å². The standard InChI is InChI=1S/C18H13N5O4/c1-11-2-4-12(5-3-11)17-20-16(27-21-17)9-22-10-19-15-8-13(23(25)26)6-7-14(15)18(22)24/h2-8,10H,9H2,1H3. The number of nitro groups is 1. The van der Waals surface area contributed by atoms with E-state index in [2.05, 4.69) is 15.1 Å². The first-order valence-electron chi connectivity index (χ1n) is 8.04. The minimum atomic E-state index is -0.530. The third kappa shape index (κ3) is 3.17. The molecule has 0 aliphatic carbocycles. The summed E-state index contributed by atoms with van der Waals surface area (Å²) < 4.78 is 6.55. The highest BCUT2D eigenvalue weighted by Gasteiger charge is 2.13. The predicted molar refractivity (Wildman–Crippen MR) is 96.2 cm³/mol. The average Bonchev–Trinajstić information content (AvgIpc) is 3.13. The normalized spacial score (nSPS) is 11.0. The van der Waals surface area contributed by atoms with Crippen LogP contribution < -0.4 is 5.56 Å². The lowest BCUT2D eigenvalue weighted by atomic mass is 10.1. The third-order valence-corrected chi connectivity index (χ3v) is 4.10. The Bertz CT molecular complexity index is 1210. The van der Waals surface area contributed by atoms with E-state index in [-0.39, 0.29) is 34.6 Å². The Morgan fingerprint density at radius 2 is 1.96 bits per heavy atom. The van der Waals surface area contributed by atoms with Crippen molar-refractivity contribution in [3.63, 3.8) is 0 Å². The zero-order valence-corrected chi connectivity index (χ0v) is 14.2. The van der Waals surface area contributed by atoms with Gasteiger partial charge in [0.2, 0.25) is 11.7 Å². The van der Waals surface area contributed by atoms with Crippen LogP contribution >= 0.6 is 0 Å². The Morgan fingerprint density at radius 1 is 1.19 bits per heavy atom. The van der Waals surface area contributed by atoms with Gasteiger partial charge in [-0.2, -0.15) is 4.98 Å². The first-order valence-corrected chi connectivity index (χ1v) is 8.04. The predicted octanol–water partition coefficient (Wildman–Crippen LogP) is 2.71. The lowest BCUT2D eigenvalue weighted by Gasteiger charge is -2.03. The fourth-order valence-corrected chi connectivity index (χ4v) is 2.66. The number of benzene rings is 2. The van der Waals surface area contributed by atoms with E-state index < -0.39 is 4.92 Å². The number of nitrogens with zero attached hydrogens (tertiary/aromatic N) is 5. The van der Waals surface area contributed by atoms with Crippen LogP contribution in [0.3, 0.4) is 0 Å². The van der Waals surface area contributed by atoms with E-state index in [1.54, 1.807) is 0 Å². The van der Waals surface area contributed by atoms with E-state index in [0.29, 0.717) is 5.82 Å². The number of aryl methyl sites for hydroxylation is 1. The Balaban J connectivity index is 1.65. The Labute approximate surface area is 152 Å². The highest BCUT2D eigenvalue weighted by molar-refractivity contribution is 5.79. The van der Waals surface area contributed by atoms with E-state index in [4.69, 9.17) is 4.52 Å². The minimum absolute atomic E-state index is 0.0532. The van der Waals surface area contributed by atoms with Crippen molar-refractivity contribution < 1.29 is 9.45 Å². The first kappa shape index (κ1) is 16.6. The number of fused-ring (bicyclic) bond motifs is 1. The molecule has 2 aromatic heterocycles. The summed E-state index contributed by atoms with van der Waals surface area (Å²) in [6.07, 6.45) is 1.31. The average molecular weight is 363 g/mol. The summed E-state index contributed by atoms with van der Waals surface area (Å²) in [6, 6.07) is 11.6. The fraction of sp³-hybridized carbons (Fsp3) is 0.111. The summed E-state index contributed by atoms with van der Waals surface area (Å²) in [6.45, 7) is 2.04. The Hall–Kier alpha value is -3.88. The molecule has 4 rings (SSSR count). The summed E-state index contributed by atoms with van der Waals surface area (Å²) in [7, 11) is 0. The summed E-state index contributed by atoms with van der Waals surface area (Å²) >= 11 is 0. The Morgan fingerprint density at radius 3 is 2.70 bits per heavy atom. The van der Waals surface area contributed by atoms with Crippen LogP contribution in [0.15, 0.2) is 58.1 Å². The van der Waals surface area contributed by atoms with Gasteiger partial charge in [-0.3, -0.25) is 19.5 Å². The molecule has 0 saturated heterocycles. The maximum Gasteiger partial charge on any atom is 0.271 e. The molecule has 0 aliphatic heterocycles. The van der Waals surface area contributed by atoms with Gasteiger partial charge >= 0.3 is 0 Å². The molecule has 0 bridgehead atoms. The van der Waals surface area contributed by atoms with Crippen LogP contribution in [0, 0.1) is 17.0 Å². The van der Waals surface area contributed by atoms with Gasteiger partial charge in [0, 0.05) is 17.7 Å². The van der Waals surface area contributed by atoms with Crippen molar-refractivity contribution in [1.29, 1.82) is 0 Å². The topological polar surface area (TPSA) is 117 Å². The molecule has 0 spiro atoms. The maximum atomic E-state index is 12.6. The number of nitro benzene ring substituents is 1. The molecule has 0 radical (unpaired) electrons. The molecule has 2 aromatic carbocycles. The van der Waals surface area contributed by atoms with Crippen LogP contribution in [0.25, 0.3) is 22.3 Å². The first-order chi connectivity index (χ1) is 13.0. The quantitative estimate of drug-likeness (QED) is 0.404. The molecule has 0 atom stereocenters. The van der Waals surface area contributed by atoms with Crippen molar-refractivity contribution in [3.8, 4) is 11.4 Å². The Kier molecular flexibility index (Phi) is 3.96. The second kappa shape index (κ2) is 6.45. The van der Waals surface area contributed by atoms with Gasteiger partial charge < -0.3 is 4.52 Å². The van der Waals surface area contributed by atoms with Gasteiger partial charge in [0.25, 0.3) is 11.2 Å². The second-order valence-electron chi connectivity index (χ2n) is 6.01. The highest BCUT2D eigenvalue weighted by Crippen LogP contribution is 2.18. The summed E-state index contributed by atoms with van der Waals surface area (Å²) in [5.41, 5.74) is 1.73. The number of aromatic nitrogens is 4. The molecular weight excluding hydrogens is 350 g/mol. The molecule has 9 nitrogen and oxygen atoms in total. The smallest absolute Gasteiger partial charge is 0.271 e. The highest BCUT2D eigenvalue weighted by atomic mass is 16.6. The lowest BCUT2D eigenvalue weighted by molar-refractivity contribution is -0.384. The van der Waals surface area contributed by atoms with Crippen molar-refractivity contribution in [1.82, 2.24) is 19.7 Å². The molecule has 0 fully saturated rings. The van der Waals surface area contributed by atoms with Crippen LogP contribution in [-0.2, 0) is 6.54 Å². The molecule has 0 N–H and O–H groups in total. The molecule has 0 saturated carbocycles. The van der Waals surface area contributed by atoms with Crippen molar-refractivity contribution >= 4 is 16.6 Å². The van der Waals surface area contributed by atoms with Gasteiger partial charge in [-0.25, -0.2) is 4.98 Å². The van der Waals surface area contributed by atoms with E-state index in [1.165, 1.54) is 29.1 Å². The zero-order valence-electron chi connectivity index (χ0n) is 14.2. The second-order valence-corrected chi connectivity index (χ2v) is 6.01. The van der Waals surface area contributed by atoms with Gasteiger partial charge in [0.05, 0.1) is 22.2 Å². The molecule has 9 heteroatoms. The zero-order chi connectivity index (χ0) is 19.0. The van der Waals surface area contributed by atoms with Crippen molar-refractivity contribution in [2.75, 3.05) is 0 Å². The molecule has 27 heavy (non-hydrogen) atoms. The van der Waals surface area contributed by atoms with Crippen LogP contribution in [0.4, 0.5) is 5.69 Å². The SMILES string of the molecule is Cc1ccc(-c2noc(Cn3cnc4cc([N+](=O)[O-])ccc4c3=O)n2)cc1. The molecule has 2 heterocycles. The number of hydrogen-bond donors (Lipinski definition) is 0. The largest absolute Gasteiger partial charge is 0.337 e. The van der Waals surface area contributed by atoms with E-state index in [0.717, 1.165) is 11.1 Å². The molecule has 4 aromatic rings. The molecule has 0 unspecified atom stereocenters. The van der Waals surface area contributed by atoms with Gasteiger partial charge in [-0.1, -0.05) is 35.0 Å². The molecule has 0 amide bonds. The van der Waals surface area contributed by atoms with Gasteiger partial charge in [0.15, 0.2) is 0 Å². The van der Waals surface area contributed by atoms with Crippen LogP contribution in [0.2, 0.25) is 0 Å². The number of non-ortho nitro benzene ring substituents is 1. The van der Waals surface area contributed by atoms with E-state index >= 15 is 0 Å². The van der Waals surface area contributed by atoms with Gasteiger partial charge in [0.1, 0.15) is 6.54 Å². The lowest BCUT2D eigenvalue weighted by Crippen LogP contribution is -2.21. The van der Waals surface area contributed by atoms with Crippen molar-refractivity contribution in [3.05, 3.63) is 80.7 Å². The van der Waals surface area contributed by atoms with E-state index in [9.17, 15) is 14.9 Å². The van der Waals surface area contributed by atoms with Crippen LogP contribution in [-0.4, -0.2) is 24.6 Å². The minimum Gasteiger partial charge on any atom is -0.337 e. The van der Waals surface area contributed by atoms with Gasteiger partial charge in [-0.05, 0) is 13.0 Å². The monoisotopic (exact) mass is 363 g/mol. The fourth-order valence-electron chi connectivity index (χ4n) is 2.66. The summed E-state index contributed by atoms with van der Waals surface area (Å²) in [5, 5.41) is 15.1. The number of rotatable bonds is 4. The maximum absolute atomic E-state index is 12.6.